The summed E-state index contributed by atoms with van der Waals surface area (Å²) in [6, 6.07) is 17.2. The molecule has 1 heterocycles. The normalized spacial score (nSPS) is 16.3. The van der Waals surface area contributed by atoms with E-state index in [4.69, 9.17) is 4.74 Å². The largest absolute Gasteiger partial charge is 0.463 e. The molecule has 2 aromatic carbocycles. The number of rotatable bonds is 8. The number of nitrogens with zero attached hydrogens (tertiary/aromatic N) is 1. The van der Waals surface area contributed by atoms with Crippen LogP contribution < -0.4 is 10.6 Å². The Morgan fingerprint density at radius 1 is 1.00 bits per heavy atom. The van der Waals surface area contributed by atoms with Crippen LogP contribution in [0.5, 0.6) is 0 Å². The second kappa shape index (κ2) is 10.1. The monoisotopic (exact) mass is 407 g/mol. The first-order valence-corrected chi connectivity index (χ1v) is 10.3. The molecule has 0 aliphatic carbocycles. The fraction of sp³-hybridized carbons (Fsp3) is 0.333. The molecule has 2 amide bonds. The van der Waals surface area contributed by atoms with Gasteiger partial charge in [0.05, 0.1) is 18.2 Å². The van der Waals surface area contributed by atoms with Crippen molar-refractivity contribution >= 4 is 12.0 Å². The maximum atomic E-state index is 12.9. The van der Waals surface area contributed by atoms with E-state index in [0.29, 0.717) is 24.4 Å². The zero-order valence-corrected chi connectivity index (χ0v) is 17.8. The summed E-state index contributed by atoms with van der Waals surface area (Å²) in [4.78, 5) is 27.4. The molecule has 6 heteroatoms. The average molecular weight is 408 g/mol. The first-order valence-electron chi connectivity index (χ1n) is 10.3. The lowest BCUT2D eigenvalue weighted by Gasteiger charge is -2.31. The average Bonchev–Trinajstić information content (AvgIpc) is 2.74. The molecule has 1 aliphatic heterocycles. The van der Waals surface area contributed by atoms with Crippen LogP contribution in [0.1, 0.15) is 36.6 Å². The van der Waals surface area contributed by atoms with Crippen molar-refractivity contribution in [3.63, 3.8) is 0 Å². The van der Waals surface area contributed by atoms with E-state index in [9.17, 15) is 9.59 Å². The van der Waals surface area contributed by atoms with Gasteiger partial charge in [0.25, 0.3) is 0 Å². The molecule has 1 aliphatic rings. The number of urea groups is 1. The fourth-order valence-corrected chi connectivity index (χ4v) is 3.61. The third-order valence-corrected chi connectivity index (χ3v) is 5.09. The molecular weight excluding hydrogens is 378 g/mol. The minimum atomic E-state index is -0.552. The van der Waals surface area contributed by atoms with Crippen LogP contribution in [0.25, 0.3) is 0 Å². The minimum absolute atomic E-state index is 0.269. The Hall–Kier alpha value is -3.12. The Balaban J connectivity index is 1.92. The quantitative estimate of drug-likeness (QED) is 0.657. The number of hydrogen-bond acceptors (Lipinski definition) is 4. The Morgan fingerprint density at radius 3 is 2.33 bits per heavy atom. The molecule has 6 nitrogen and oxygen atoms in total. The van der Waals surface area contributed by atoms with Gasteiger partial charge in [-0.2, -0.15) is 0 Å². The zero-order valence-electron chi connectivity index (χ0n) is 17.8. The van der Waals surface area contributed by atoms with Gasteiger partial charge in [-0.05, 0) is 37.1 Å². The van der Waals surface area contributed by atoms with Crippen LogP contribution >= 0.6 is 0 Å². The molecule has 0 radical (unpaired) electrons. The first-order chi connectivity index (χ1) is 14.5. The van der Waals surface area contributed by atoms with Crippen LogP contribution in [-0.2, 0) is 22.5 Å². The van der Waals surface area contributed by atoms with Crippen LogP contribution in [0.3, 0.4) is 0 Å². The highest BCUT2D eigenvalue weighted by Crippen LogP contribution is 2.28. The molecule has 30 heavy (non-hydrogen) atoms. The van der Waals surface area contributed by atoms with Gasteiger partial charge in [0.2, 0.25) is 0 Å². The molecule has 0 saturated carbocycles. The number of ether oxygens (including phenoxy) is 1. The van der Waals surface area contributed by atoms with Crippen molar-refractivity contribution in [2.45, 2.75) is 32.9 Å². The molecule has 1 unspecified atom stereocenters. The lowest BCUT2D eigenvalue weighted by Crippen LogP contribution is -2.48. The van der Waals surface area contributed by atoms with Gasteiger partial charge in [0.15, 0.2) is 0 Å². The van der Waals surface area contributed by atoms with Crippen molar-refractivity contribution in [1.29, 1.82) is 0 Å². The number of carbonyl (C=O) groups excluding carboxylic acids is 2. The molecular formula is C24H29N3O3. The smallest absolute Gasteiger partial charge is 0.338 e. The first kappa shape index (κ1) is 21.6. The number of aryl methyl sites for hydroxylation is 1. The molecule has 0 spiro atoms. The van der Waals surface area contributed by atoms with Crippen molar-refractivity contribution in [2.75, 3.05) is 20.2 Å². The summed E-state index contributed by atoms with van der Waals surface area (Å²) in [5.74, 6) is -0.419. The number of nitrogens with one attached hydrogen (secondary N) is 2. The van der Waals surface area contributed by atoms with Crippen molar-refractivity contribution in [2.24, 2.45) is 0 Å². The van der Waals surface area contributed by atoms with Crippen molar-refractivity contribution in [3.05, 3.63) is 82.6 Å². The van der Waals surface area contributed by atoms with E-state index in [2.05, 4.69) is 34.6 Å². The van der Waals surface area contributed by atoms with Gasteiger partial charge < -0.3 is 15.4 Å². The van der Waals surface area contributed by atoms with Gasteiger partial charge >= 0.3 is 12.0 Å². The SMILES string of the molecule is CCOC(=O)C1=C(CN(C)Cc2ccccc2)NC(=O)NC1c1ccc(CC)cc1. The highest BCUT2D eigenvalue weighted by Gasteiger charge is 2.34. The third-order valence-electron chi connectivity index (χ3n) is 5.09. The zero-order chi connectivity index (χ0) is 21.5. The van der Waals surface area contributed by atoms with Crippen LogP contribution in [0.15, 0.2) is 65.9 Å². The molecule has 0 saturated heterocycles. The maximum Gasteiger partial charge on any atom is 0.338 e. The van der Waals surface area contributed by atoms with Gasteiger partial charge in [0.1, 0.15) is 0 Å². The summed E-state index contributed by atoms with van der Waals surface area (Å²) < 4.78 is 5.34. The van der Waals surface area contributed by atoms with E-state index in [1.54, 1.807) is 6.92 Å². The van der Waals surface area contributed by atoms with E-state index in [0.717, 1.165) is 17.5 Å². The predicted octanol–water partition coefficient (Wildman–Crippen LogP) is 3.55. The number of amides is 2. The molecule has 0 fully saturated rings. The summed E-state index contributed by atoms with van der Waals surface area (Å²) in [7, 11) is 1.96. The van der Waals surface area contributed by atoms with E-state index < -0.39 is 12.0 Å². The highest BCUT2D eigenvalue weighted by atomic mass is 16.5. The number of esters is 1. The lowest BCUT2D eigenvalue weighted by molar-refractivity contribution is -0.139. The summed E-state index contributed by atoms with van der Waals surface area (Å²) in [5, 5.41) is 5.72. The standard InChI is InChI=1S/C24H29N3O3/c1-4-17-11-13-19(14-12-17)22-21(23(28)30-5-2)20(25-24(29)26-22)16-27(3)15-18-9-7-6-8-10-18/h6-14,22H,4-5,15-16H2,1-3H3,(H2,25,26,29). The van der Waals surface area contributed by atoms with Gasteiger partial charge in [-0.25, -0.2) is 9.59 Å². The van der Waals surface area contributed by atoms with E-state index in [1.165, 1.54) is 5.56 Å². The molecule has 3 rings (SSSR count). The molecule has 2 aromatic rings. The second-order valence-electron chi connectivity index (χ2n) is 7.40. The van der Waals surface area contributed by atoms with Gasteiger partial charge in [-0.15, -0.1) is 0 Å². The minimum Gasteiger partial charge on any atom is -0.463 e. The van der Waals surface area contributed by atoms with Crippen LogP contribution in [0, 0.1) is 0 Å². The molecule has 2 N–H and O–H groups in total. The maximum absolute atomic E-state index is 12.9. The lowest BCUT2D eigenvalue weighted by atomic mass is 9.94. The molecule has 158 valence electrons. The predicted molar refractivity (Wildman–Crippen MR) is 117 cm³/mol. The number of likely N-dealkylation sites (N-methyl/N-ethyl adjacent to an activating group) is 1. The van der Waals surface area contributed by atoms with E-state index in [1.807, 2.05) is 49.5 Å². The fourth-order valence-electron chi connectivity index (χ4n) is 3.61. The van der Waals surface area contributed by atoms with E-state index in [-0.39, 0.29) is 12.6 Å². The Morgan fingerprint density at radius 2 is 1.70 bits per heavy atom. The Kier molecular flexibility index (Phi) is 7.25. The summed E-state index contributed by atoms with van der Waals surface area (Å²) in [6.07, 6.45) is 0.926. The van der Waals surface area contributed by atoms with Crippen LogP contribution in [-0.4, -0.2) is 37.1 Å². The molecule has 1 atom stereocenters. The Bertz CT molecular complexity index is 907. The van der Waals surface area contributed by atoms with E-state index >= 15 is 0 Å². The topological polar surface area (TPSA) is 70.7 Å². The highest BCUT2D eigenvalue weighted by molar-refractivity contribution is 5.95. The molecule has 0 bridgehead atoms. The van der Waals surface area contributed by atoms with Crippen LogP contribution in [0.4, 0.5) is 4.79 Å². The second-order valence-corrected chi connectivity index (χ2v) is 7.40. The van der Waals surface area contributed by atoms with Crippen molar-refractivity contribution in [3.8, 4) is 0 Å². The number of hydrogen-bond donors (Lipinski definition) is 2. The van der Waals surface area contributed by atoms with Gasteiger partial charge in [0, 0.05) is 18.8 Å². The number of carbonyl (C=O) groups is 2. The third kappa shape index (κ3) is 5.27. The van der Waals surface area contributed by atoms with Gasteiger partial charge in [-0.3, -0.25) is 4.90 Å². The van der Waals surface area contributed by atoms with Crippen molar-refractivity contribution in [1.82, 2.24) is 15.5 Å². The summed E-state index contributed by atoms with van der Waals surface area (Å²) >= 11 is 0. The van der Waals surface area contributed by atoms with Crippen LogP contribution in [0.2, 0.25) is 0 Å². The summed E-state index contributed by atoms with van der Waals surface area (Å²) in [6.45, 7) is 5.25. The van der Waals surface area contributed by atoms with Crippen molar-refractivity contribution < 1.29 is 14.3 Å². The number of benzene rings is 2. The summed E-state index contributed by atoms with van der Waals surface area (Å²) in [5.41, 5.74) is 4.22. The molecule has 0 aromatic heterocycles. The van der Waals surface area contributed by atoms with Gasteiger partial charge in [-0.1, -0.05) is 61.5 Å². The Labute approximate surface area is 177 Å².